The van der Waals surface area contributed by atoms with E-state index in [1.54, 1.807) is 17.5 Å². The normalized spacial score (nSPS) is 10.3. The van der Waals surface area contributed by atoms with Crippen molar-refractivity contribution in [3.63, 3.8) is 0 Å². The molecule has 0 aromatic carbocycles. The highest BCUT2D eigenvalue weighted by Crippen LogP contribution is 2.24. The number of carbonyl (C=O) groups is 2. The van der Waals surface area contributed by atoms with Gasteiger partial charge in [-0.25, -0.2) is 4.98 Å². The molecular formula is C11H10N2O4S. The van der Waals surface area contributed by atoms with Crippen molar-refractivity contribution in [1.29, 1.82) is 0 Å². The Labute approximate surface area is 106 Å². The number of nitrogens with zero attached hydrogens (tertiary/aromatic N) is 2. The molecule has 0 radical (unpaired) electrons. The Morgan fingerprint density at radius 1 is 1.56 bits per heavy atom. The number of aliphatic carboxylic acids is 1. The molecule has 0 unspecified atom stereocenters. The van der Waals surface area contributed by atoms with Gasteiger partial charge in [0, 0.05) is 12.4 Å². The van der Waals surface area contributed by atoms with E-state index < -0.39 is 11.9 Å². The third-order valence-electron chi connectivity index (χ3n) is 2.17. The molecule has 0 saturated carbocycles. The van der Waals surface area contributed by atoms with E-state index in [4.69, 9.17) is 9.52 Å². The zero-order valence-corrected chi connectivity index (χ0v) is 10.3. The van der Waals surface area contributed by atoms with Gasteiger partial charge in [-0.3, -0.25) is 9.59 Å². The summed E-state index contributed by atoms with van der Waals surface area (Å²) in [6.07, 6.45) is 1.52. The number of carbonyl (C=O) groups excluding carboxylic acids is 1. The molecule has 0 aliphatic carbocycles. The molecule has 2 aromatic heterocycles. The number of carboxylic acid groups (broad SMARTS) is 1. The van der Waals surface area contributed by atoms with Gasteiger partial charge in [0.2, 0.25) is 0 Å². The fourth-order valence-electron chi connectivity index (χ4n) is 1.36. The van der Waals surface area contributed by atoms with E-state index in [0.717, 1.165) is 4.90 Å². The van der Waals surface area contributed by atoms with Gasteiger partial charge in [0.15, 0.2) is 10.8 Å². The zero-order valence-electron chi connectivity index (χ0n) is 9.49. The van der Waals surface area contributed by atoms with Crippen LogP contribution in [0.4, 0.5) is 0 Å². The third kappa shape index (κ3) is 2.57. The van der Waals surface area contributed by atoms with Crippen LogP contribution in [-0.4, -0.2) is 40.5 Å². The van der Waals surface area contributed by atoms with E-state index >= 15 is 0 Å². The summed E-state index contributed by atoms with van der Waals surface area (Å²) in [6, 6.07) is 3.48. The van der Waals surface area contributed by atoms with Crippen LogP contribution >= 0.6 is 11.3 Å². The average Bonchev–Trinajstić information content (AvgIpc) is 2.97. The molecule has 7 heteroatoms. The zero-order chi connectivity index (χ0) is 13.1. The molecule has 1 N–H and O–H groups in total. The molecular weight excluding hydrogens is 256 g/mol. The van der Waals surface area contributed by atoms with E-state index in [2.05, 4.69) is 4.98 Å². The van der Waals surface area contributed by atoms with Crippen molar-refractivity contribution in [1.82, 2.24) is 9.88 Å². The maximum absolute atomic E-state index is 11.8. The van der Waals surface area contributed by atoms with Crippen molar-refractivity contribution in [3.05, 3.63) is 29.5 Å². The molecule has 0 atom stereocenters. The minimum atomic E-state index is -1.06. The minimum Gasteiger partial charge on any atom is -0.480 e. The van der Waals surface area contributed by atoms with Crippen LogP contribution in [0.5, 0.6) is 0 Å². The number of rotatable bonds is 4. The molecule has 2 heterocycles. The summed E-state index contributed by atoms with van der Waals surface area (Å²) in [5, 5.41) is 10.8. The van der Waals surface area contributed by atoms with Crippen molar-refractivity contribution in [2.45, 2.75) is 0 Å². The van der Waals surface area contributed by atoms with Crippen LogP contribution in [0.25, 0.3) is 10.8 Å². The summed E-state index contributed by atoms with van der Waals surface area (Å²) in [6.45, 7) is -0.355. The Hall–Kier alpha value is -2.15. The van der Waals surface area contributed by atoms with Crippen molar-refractivity contribution >= 4 is 23.2 Å². The van der Waals surface area contributed by atoms with E-state index in [1.807, 2.05) is 0 Å². The first-order valence-electron chi connectivity index (χ1n) is 5.04. The lowest BCUT2D eigenvalue weighted by Gasteiger charge is -2.12. The first kappa shape index (κ1) is 12.3. The Morgan fingerprint density at radius 2 is 2.33 bits per heavy atom. The number of hydrogen-bond donors (Lipinski definition) is 1. The number of likely N-dealkylation sites (N-methyl/N-ethyl adjacent to an activating group) is 1. The number of furan rings is 1. The average molecular weight is 266 g/mol. The van der Waals surface area contributed by atoms with Gasteiger partial charge in [-0.1, -0.05) is 0 Å². The monoisotopic (exact) mass is 266 g/mol. The van der Waals surface area contributed by atoms with Crippen LogP contribution in [0.1, 0.15) is 10.5 Å². The van der Waals surface area contributed by atoms with Gasteiger partial charge >= 0.3 is 5.97 Å². The van der Waals surface area contributed by atoms with Crippen molar-refractivity contribution in [2.75, 3.05) is 13.6 Å². The fraction of sp³-hybridized carbons (Fsp3) is 0.182. The second kappa shape index (κ2) is 5.01. The lowest BCUT2D eigenvalue weighted by Crippen LogP contribution is -2.32. The number of hydrogen-bond acceptors (Lipinski definition) is 5. The van der Waals surface area contributed by atoms with Crippen LogP contribution in [0.2, 0.25) is 0 Å². The number of thiazole rings is 1. The summed E-state index contributed by atoms with van der Waals surface area (Å²) >= 11 is 1.27. The van der Waals surface area contributed by atoms with Crippen LogP contribution in [0, 0.1) is 0 Å². The van der Waals surface area contributed by atoms with Gasteiger partial charge in [0.05, 0.1) is 6.26 Å². The lowest BCUT2D eigenvalue weighted by atomic mass is 10.4. The second-order valence-electron chi connectivity index (χ2n) is 3.57. The molecule has 94 valence electrons. The van der Waals surface area contributed by atoms with E-state index in [9.17, 15) is 9.59 Å². The maximum Gasteiger partial charge on any atom is 0.323 e. The van der Waals surface area contributed by atoms with Crippen molar-refractivity contribution < 1.29 is 19.1 Å². The summed E-state index contributed by atoms with van der Waals surface area (Å²) in [5.74, 6) is -0.904. The Kier molecular flexibility index (Phi) is 3.42. The molecule has 2 aromatic rings. The van der Waals surface area contributed by atoms with E-state index in [-0.39, 0.29) is 12.2 Å². The van der Waals surface area contributed by atoms with Crippen LogP contribution in [-0.2, 0) is 4.79 Å². The predicted octanol–water partition coefficient (Wildman–Crippen LogP) is 1.56. The van der Waals surface area contributed by atoms with Gasteiger partial charge in [-0.15, -0.1) is 11.3 Å². The maximum atomic E-state index is 11.8. The second-order valence-corrected chi connectivity index (χ2v) is 4.43. The largest absolute Gasteiger partial charge is 0.480 e. The van der Waals surface area contributed by atoms with Crippen LogP contribution in [0.3, 0.4) is 0 Å². The molecule has 0 spiro atoms. The third-order valence-corrected chi connectivity index (χ3v) is 3.03. The highest BCUT2D eigenvalue weighted by atomic mass is 32.1. The van der Waals surface area contributed by atoms with Crippen LogP contribution < -0.4 is 0 Å². The van der Waals surface area contributed by atoms with E-state index in [1.165, 1.54) is 24.6 Å². The summed E-state index contributed by atoms with van der Waals surface area (Å²) in [7, 11) is 1.42. The first-order valence-corrected chi connectivity index (χ1v) is 5.92. The smallest absolute Gasteiger partial charge is 0.323 e. The molecule has 0 fully saturated rings. The number of carboxylic acids is 1. The van der Waals surface area contributed by atoms with Crippen molar-refractivity contribution in [3.8, 4) is 10.8 Å². The number of amides is 1. The molecule has 0 aliphatic rings. The Bertz CT molecular complexity index is 561. The quantitative estimate of drug-likeness (QED) is 0.907. The minimum absolute atomic E-state index is 0.218. The lowest BCUT2D eigenvalue weighted by molar-refractivity contribution is -0.137. The number of aromatic nitrogens is 1. The molecule has 1 amide bonds. The van der Waals surface area contributed by atoms with Gasteiger partial charge in [-0.2, -0.15) is 0 Å². The topological polar surface area (TPSA) is 83.6 Å². The van der Waals surface area contributed by atoms with Crippen LogP contribution in [0.15, 0.2) is 28.2 Å². The van der Waals surface area contributed by atoms with Gasteiger partial charge < -0.3 is 14.4 Å². The fourth-order valence-corrected chi connectivity index (χ4v) is 2.12. The van der Waals surface area contributed by atoms with Gasteiger partial charge in [0.1, 0.15) is 12.2 Å². The van der Waals surface area contributed by atoms with Crippen molar-refractivity contribution in [2.24, 2.45) is 0 Å². The van der Waals surface area contributed by atoms with Gasteiger partial charge in [0.25, 0.3) is 5.91 Å². The molecule has 18 heavy (non-hydrogen) atoms. The molecule has 2 rings (SSSR count). The molecule has 6 nitrogen and oxygen atoms in total. The SMILES string of the molecule is CN(CC(=O)O)C(=O)c1csc(-c2ccco2)n1. The molecule has 0 aliphatic heterocycles. The highest BCUT2D eigenvalue weighted by molar-refractivity contribution is 7.13. The first-order chi connectivity index (χ1) is 8.58. The predicted molar refractivity (Wildman–Crippen MR) is 64.4 cm³/mol. The Balaban J connectivity index is 2.15. The molecule has 0 saturated heterocycles. The summed E-state index contributed by atoms with van der Waals surface area (Å²) in [5.41, 5.74) is 0.218. The standard InChI is InChI=1S/C11H10N2O4S/c1-13(5-9(14)15)11(16)7-6-18-10(12-7)8-3-2-4-17-8/h2-4,6H,5H2,1H3,(H,14,15). The Morgan fingerprint density at radius 3 is 2.94 bits per heavy atom. The van der Waals surface area contributed by atoms with Gasteiger partial charge in [-0.05, 0) is 12.1 Å². The summed E-state index contributed by atoms with van der Waals surface area (Å²) < 4.78 is 5.17. The van der Waals surface area contributed by atoms with E-state index in [0.29, 0.717) is 10.8 Å². The molecule has 0 bridgehead atoms. The summed E-state index contributed by atoms with van der Waals surface area (Å²) in [4.78, 5) is 27.6. The highest BCUT2D eigenvalue weighted by Gasteiger charge is 2.18.